The summed E-state index contributed by atoms with van der Waals surface area (Å²) in [6, 6.07) is 5.26. The predicted molar refractivity (Wildman–Crippen MR) is 43.3 cm³/mol. The molecule has 0 fully saturated rings. The van der Waals surface area contributed by atoms with E-state index in [0.29, 0.717) is 12.1 Å². The van der Waals surface area contributed by atoms with Crippen LogP contribution in [0.3, 0.4) is 0 Å². The number of carbonyl (C=O) groups is 1. The van der Waals surface area contributed by atoms with Gasteiger partial charge in [-0.15, -0.1) is 0 Å². The van der Waals surface area contributed by atoms with Crippen LogP contribution in [0, 0.1) is 11.3 Å². The van der Waals surface area contributed by atoms with E-state index < -0.39 is 0 Å². The second-order valence-corrected chi connectivity index (χ2v) is 2.54. The number of nitriles is 1. The van der Waals surface area contributed by atoms with Crippen LogP contribution in [-0.4, -0.2) is 10.8 Å². The van der Waals surface area contributed by atoms with E-state index in [1.54, 1.807) is 18.3 Å². The van der Waals surface area contributed by atoms with E-state index in [9.17, 15) is 4.79 Å². The first-order valence-electron chi connectivity index (χ1n) is 3.57. The van der Waals surface area contributed by atoms with Crippen LogP contribution in [0.1, 0.15) is 18.2 Å². The molecule has 0 amide bonds. The SMILES string of the molecule is CC(=O)Cc1ccc(C#N)nc1. The number of ketones is 1. The monoisotopic (exact) mass is 160 g/mol. The van der Waals surface area contributed by atoms with Crippen molar-refractivity contribution in [2.75, 3.05) is 0 Å². The summed E-state index contributed by atoms with van der Waals surface area (Å²) in [6.45, 7) is 1.53. The first-order chi connectivity index (χ1) is 5.72. The first kappa shape index (κ1) is 8.41. The highest BCUT2D eigenvalue weighted by molar-refractivity contribution is 5.78. The van der Waals surface area contributed by atoms with Crippen molar-refractivity contribution in [1.29, 1.82) is 5.26 Å². The lowest BCUT2D eigenvalue weighted by Crippen LogP contribution is -1.96. The Balaban J connectivity index is 2.80. The van der Waals surface area contributed by atoms with Crippen molar-refractivity contribution in [3.8, 4) is 6.07 Å². The van der Waals surface area contributed by atoms with Gasteiger partial charge in [-0.3, -0.25) is 4.79 Å². The fourth-order valence-electron chi connectivity index (χ4n) is 0.883. The Labute approximate surface area is 70.7 Å². The largest absolute Gasteiger partial charge is 0.300 e. The maximum absolute atomic E-state index is 10.7. The summed E-state index contributed by atoms with van der Waals surface area (Å²) in [6.07, 6.45) is 1.94. The molecule has 3 nitrogen and oxygen atoms in total. The van der Waals surface area contributed by atoms with Crippen LogP contribution in [0.15, 0.2) is 18.3 Å². The van der Waals surface area contributed by atoms with E-state index in [2.05, 4.69) is 4.98 Å². The molecule has 0 atom stereocenters. The van der Waals surface area contributed by atoms with Gasteiger partial charge in [-0.2, -0.15) is 5.26 Å². The number of rotatable bonds is 2. The topological polar surface area (TPSA) is 53.8 Å². The Morgan fingerprint density at radius 3 is 2.83 bits per heavy atom. The fourth-order valence-corrected chi connectivity index (χ4v) is 0.883. The van der Waals surface area contributed by atoms with E-state index in [4.69, 9.17) is 5.26 Å². The smallest absolute Gasteiger partial charge is 0.140 e. The van der Waals surface area contributed by atoms with Gasteiger partial charge in [0.2, 0.25) is 0 Å². The highest BCUT2D eigenvalue weighted by Crippen LogP contribution is 2.00. The van der Waals surface area contributed by atoms with Crippen molar-refractivity contribution >= 4 is 5.78 Å². The number of aromatic nitrogens is 1. The normalized spacial score (nSPS) is 9.00. The summed E-state index contributed by atoms with van der Waals surface area (Å²) in [5, 5.41) is 8.43. The van der Waals surface area contributed by atoms with Gasteiger partial charge in [0, 0.05) is 12.6 Å². The third-order valence-electron chi connectivity index (χ3n) is 1.39. The van der Waals surface area contributed by atoms with Crippen LogP contribution < -0.4 is 0 Å². The Bertz CT molecular complexity index is 321. The maximum Gasteiger partial charge on any atom is 0.140 e. The number of hydrogen-bond donors (Lipinski definition) is 0. The molecule has 0 saturated carbocycles. The minimum Gasteiger partial charge on any atom is -0.300 e. The number of pyridine rings is 1. The summed E-state index contributed by atoms with van der Waals surface area (Å²) in [4.78, 5) is 14.5. The molecule has 1 aromatic heterocycles. The highest BCUT2D eigenvalue weighted by Gasteiger charge is 1.97. The third kappa shape index (κ3) is 2.17. The van der Waals surface area contributed by atoms with Crippen molar-refractivity contribution in [3.05, 3.63) is 29.6 Å². The van der Waals surface area contributed by atoms with E-state index in [-0.39, 0.29) is 5.78 Å². The standard InChI is InChI=1S/C9H8N2O/c1-7(12)4-8-2-3-9(5-10)11-6-8/h2-3,6H,4H2,1H3. The summed E-state index contributed by atoms with van der Waals surface area (Å²) >= 11 is 0. The van der Waals surface area contributed by atoms with Crippen molar-refractivity contribution in [3.63, 3.8) is 0 Å². The molecule has 0 aromatic carbocycles. The molecule has 0 radical (unpaired) electrons. The molecular weight excluding hydrogens is 152 g/mol. The van der Waals surface area contributed by atoms with Gasteiger partial charge in [-0.1, -0.05) is 6.07 Å². The van der Waals surface area contributed by atoms with Crippen molar-refractivity contribution < 1.29 is 4.79 Å². The Morgan fingerprint density at radius 1 is 1.67 bits per heavy atom. The molecule has 0 N–H and O–H groups in total. The fraction of sp³-hybridized carbons (Fsp3) is 0.222. The molecule has 3 heteroatoms. The lowest BCUT2D eigenvalue weighted by atomic mass is 10.1. The summed E-state index contributed by atoms with van der Waals surface area (Å²) < 4.78 is 0. The molecule has 1 heterocycles. The van der Waals surface area contributed by atoms with Gasteiger partial charge in [-0.05, 0) is 18.6 Å². The second kappa shape index (κ2) is 3.63. The molecule has 1 rings (SSSR count). The summed E-state index contributed by atoms with van der Waals surface area (Å²) in [7, 11) is 0. The minimum absolute atomic E-state index is 0.0986. The molecule has 0 bridgehead atoms. The van der Waals surface area contributed by atoms with E-state index >= 15 is 0 Å². The van der Waals surface area contributed by atoms with Crippen LogP contribution in [0.5, 0.6) is 0 Å². The molecule has 0 aliphatic rings. The molecule has 0 spiro atoms. The molecule has 0 unspecified atom stereocenters. The van der Waals surface area contributed by atoms with E-state index in [1.807, 2.05) is 6.07 Å². The number of hydrogen-bond acceptors (Lipinski definition) is 3. The zero-order valence-corrected chi connectivity index (χ0v) is 6.74. The van der Waals surface area contributed by atoms with Gasteiger partial charge in [0.25, 0.3) is 0 Å². The average Bonchev–Trinajstić information content (AvgIpc) is 2.05. The minimum atomic E-state index is 0.0986. The average molecular weight is 160 g/mol. The lowest BCUT2D eigenvalue weighted by molar-refractivity contribution is -0.116. The van der Waals surface area contributed by atoms with E-state index in [1.165, 1.54) is 6.92 Å². The Hall–Kier alpha value is -1.69. The van der Waals surface area contributed by atoms with Gasteiger partial charge >= 0.3 is 0 Å². The molecule has 60 valence electrons. The van der Waals surface area contributed by atoms with Crippen molar-refractivity contribution in [1.82, 2.24) is 4.98 Å². The predicted octanol–water partition coefficient (Wildman–Crippen LogP) is 1.08. The van der Waals surface area contributed by atoms with Crippen molar-refractivity contribution in [2.45, 2.75) is 13.3 Å². The third-order valence-corrected chi connectivity index (χ3v) is 1.39. The molecule has 12 heavy (non-hydrogen) atoms. The molecule has 0 aliphatic carbocycles. The summed E-state index contributed by atoms with van der Waals surface area (Å²) in [5.41, 5.74) is 1.23. The van der Waals surface area contributed by atoms with Crippen LogP contribution in [0.25, 0.3) is 0 Å². The Kier molecular flexibility index (Phi) is 2.54. The lowest BCUT2D eigenvalue weighted by Gasteiger charge is -1.95. The van der Waals surface area contributed by atoms with Crippen LogP contribution in [0.2, 0.25) is 0 Å². The number of nitrogens with zero attached hydrogens (tertiary/aromatic N) is 2. The van der Waals surface area contributed by atoms with Crippen molar-refractivity contribution in [2.24, 2.45) is 0 Å². The number of carbonyl (C=O) groups excluding carboxylic acids is 1. The van der Waals surface area contributed by atoms with Crippen LogP contribution in [-0.2, 0) is 11.2 Å². The van der Waals surface area contributed by atoms with Gasteiger partial charge in [0.15, 0.2) is 0 Å². The zero-order valence-electron chi connectivity index (χ0n) is 6.74. The maximum atomic E-state index is 10.7. The van der Waals surface area contributed by atoms with E-state index in [0.717, 1.165) is 5.56 Å². The first-order valence-corrected chi connectivity index (χ1v) is 3.57. The van der Waals surface area contributed by atoms with Crippen LogP contribution >= 0.6 is 0 Å². The van der Waals surface area contributed by atoms with Gasteiger partial charge in [0.1, 0.15) is 17.5 Å². The summed E-state index contributed by atoms with van der Waals surface area (Å²) in [5.74, 6) is 0.0986. The second-order valence-electron chi connectivity index (χ2n) is 2.54. The van der Waals surface area contributed by atoms with Gasteiger partial charge in [-0.25, -0.2) is 4.98 Å². The number of Topliss-reactive ketones (excluding diaryl/α,β-unsaturated/α-hetero) is 1. The molecule has 0 saturated heterocycles. The highest BCUT2D eigenvalue weighted by atomic mass is 16.1. The zero-order chi connectivity index (χ0) is 8.97. The Morgan fingerprint density at radius 2 is 2.42 bits per heavy atom. The quantitative estimate of drug-likeness (QED) is 0.650. The molecule has 1 aromatic rings. The molecular formula is C9H8N2O. The van der Waals surface area contributed by atoms with Gasteiger partial charge in [0.05, 0.1) is 0 Å². The van der Waals surface area contributed by atoms with Crippen LogP contribution in [0.4, 0.5) is 0 Å². The van der Waals surface area contributed by atoms with Gasteiger partial charge < -0.3 is 0 Å². The molecule has 0 aliphatic heterocycles.